The predicted octanol–water partition coefficient (Wildman–Crippen LogP) is 1.85. The number of benzene rings is 2. The topological polar surface area (TPSA) is 72.3 Å². The zero-order chi connectivity index (χ0) is 15.3. The van der Waals surface area contributed by atoms with Gasteiger partial charge in [-0.2, -0.15) is 0 Å². The van der Waals surface area contributed by atoms with Crippen LogP contribution >= 0.6 is 0 Å². The van der Waals surface area contributed by atoms with E-state index in [1.165, 1.54) is 0 Å². The van der Waals surface area contributed by atoms with E-state index in [9.17, 15) is 4.79 Å². The lowest BCUT2D eigenvalue weighted by atomic mass is 9.89. The molecule has 4 nitrogen and oxygen atoms in total. The van der Waals surface area contributed by atoms with E-state index in [-0.39, 0.29) is 0 Å². The Balaban J connectivity index is 2.34. The van der Waals surface area contributed by atoms with Crippen molar-refractivity contribution >= 4 is 11.6 Å². The van der Waals surface area contributed by atoms with E-state index in [4.69, 9.17) is 11.5 Å². The molecular formula is C17H21N3O. The lowest BCUT2D eigenvalue weighted by Crippen LogP contribution is -2.56. The van der Waals surface area contributed by atoms with Crippen LogP contribution in [0.3, 0.4) is 0 Å². The van der Waals surface area contributed by atoms with E-state index >= 15 is 0 Å². The van der Waals surface area contributed by atoms with Crippen molar-refractivity contribution in [2.24, 2.45) is 11.5 Å². The molecule has 0 fully saturated rings. The Morgan fingerprint density at radius 3 is 2.05 bits per heavy atom. The van der Waals surface area contributed by atoms with Crippen LogP contribution in [0.25, 0.3) is 0 Å². The Bertz CT molecular complexity index is 585. The number of hydrogen-bond donors (Lipinski definition) is 2. The number of nitrogens with zero attached hydrogens (tertiary/aromatic N) is 1. The smallest absolute Gasteiger partial charge is 0.243 e. The maximum Gasteiger partial charge on any atom is 0.243 e. The molecule has 1 atom stereocenters. The van der Waals surface area contributed by atoms with Gasteiger partial charge in [0.05, 0.1) is 0 Å². The van der Waals surface area contributed by atoms with Crippen LogP contribution < -0.4 is 16.4 Å². The van der Waals surface area contributed by atoms with Crippen molar-refractivity contribution in [2.45, 2.75) is 12.5 Å². The monoisotopic (exact) mass is 283 g/mol. The van der Waals surface area contributed by atoms with Crippen LogP contribution in [0.4, 0.5) is 5.69 Å². The molecule has 0 aliphatic heterocycles. The fourth-order valence-electron chi connectivity index (χ4n) is 2.37. The van der Waals surface area contributed by atoms with Gasteiger partial charge in [-0.15, -0.1) is 0 Å². The number of carbonyl (C=O) groups excluding carboxylic acids is 1. The van der Waals surface area contributed by atoms with E-state index in [1.54, 1.807) is 0 Å². The van der Waals surface area contributed by atoms with E-state index in [2.05, 4.69) is 4.90 Å². The number of hydrogen-bond acceptors (Lipinski definition) is 3. The van der Waals surface area contributed by atoms with Gasteiger partial charge in [-0.05, 0) is 24.6 Å². The minimum atomic E-state index is -1.22. The molecule has 0 aliphatic rings. The number of para-hydroxylation sites is 1. The first-order valence-corrected chi connectivity index (χ1v) is 7.02. The molecule has 21 heavy (non-hydrogen) atoms. The number of anilines is 1. The third-order valence-corrected chi connectivity index (χ3v) is 3.67. The fourth-order valence-corrected chi connectivity index (χ4v) is 2.37. The number of carbonyl (C=O) groups is 1. The number of amides is 1. The largest absolute Gasteiger partial charge is 0.369 e. The van der Waals surface area contributed by atoms with Gasteiger partial charge in [-0.1, -0.05) is 48.5 Å². The van der Waals surface area contributed by atoms with Crippen LogP contribution in [-0.4, -0.2) is 19.0 Å². The Hall–Kier alpha value is -2.33. The Kier molecular flexibility index (Phi) is 4.60. The summed E-state index contributed by atoms with van der Waals surface area (Å²) in [5.41, 5.74) is 12.5. The summed E-state index contributed by atoms with van der Waals surface area (Å²) >= 11 is 0. The summed E-state index contributed by atoms with van der Waals surface area (Å²) < 4.78 is 0. The minimum Gasteiger partial charge on any atom is -0.369 e. The third-order valence-electron chi connectivity index (χ3n) is 3.67. The van der Waals surface area contributed by atoms with Crippen LogP contribution in [0.5, 0.6) is 0 Å². The number of rotatable bonds is 6. The van der Waals surface area contributed by atoms with Crippen molar-refractivity contribution in [2.75, 3.05) is 18.0 Å². The molecule has 4 heteroatoms. The van der Waals surface area contributed by atoms with Gasteiger partial charge in [-0.25, -0.2) is 0 Å². The van der Waals surface area contributed by atoms with Gasteiger partial charge in [-0.3, -0.25) is 4.79 Å². The summed E-state index contributed by atoms with van der Waals surface area (Å²) in [5, 5.41) is 0. The summed E-state index contributed by atoms with van der Waals surface area (Å²) in [5.74, 6) is -0.525. The Morgan fingerprint density at radius 1 is 1.05 bits per heavy atom. The lowest BCUT2D eigenvalue weighted by molar-refractivity contribution is -0.123. The van der Waals surface area contributed by atoms with Gasteiger partial charge in [0.25, 0.3) is 0 Å². The molecule has 2 aromatic rings. The number of likely N-dealkylation sites (N-methyl/N-ethyl adjacent to an activating group) is 1. The van der Waals surface area contributed by atoms with Crippen LogP contribution in [0.2, 0.25) is 0 Å². The summed E-state index contributed by atoms with van der Waals surface area (Å²) in [6.07, 6.45) is 0. The Morgan fingerprint density at radius 2 is 1.57 bits per heavy atom. The number of primary amides is 1. The first-order valence-electron chi connectivity index (χ1n) is 7.02. The molecule has 0 saturated carbocycles. The molecular weight excluding hydrogens is 262 g/mol. The Labute approximate surface area is 125 Å². The first kappa shape index (κ1) is 15.1. The summed E-state index contributed by atoms with van der Waals surface area (Å²) in [7, 11) is 0. The van der Waals surface area contributed by atoms with Crippen LogP contribution in [-0.2, 0) is 10.3 Å². The van der Waals surface area contributed by atoms with Crippen molar-refractivity contribution in [3.8, 4) is 0 Å². The number of nitrogens with two attached hydrogens (primary N) is 2. The molecule has 0 heterocycles. The van der Waals surface area contributed by atoms with E-state index in [0.29, 0.717) is 6.54 Å². The van der Waals surface area contributed by atoms with Gasteiger partial charge in [0.15, 0.2) is 0 Å². The average molecular weight is 283 g/mol. The molecule has 1 unspecified atom stereocenters. The molecule has 0 bridgehead atoms. The maximum absolute atomic E-state index is 12.0. The zero-order valence-corrected chi connectivity index (χ0v) is 12.2. The summed E-state index contributed by atoms with van der Waals surface area (Å²) in [6, 6.07) is 19.2. The molecule has 0 aliphatic carbocycles. The second-order valence-corrected chi connectivity index (χ2v) is 5.05. The molecule has 0 saturated heterocycles. The van der Waals surface area contributed by atoms with Gasteiger partial charge in [0.2, 0.25) is 5.91 Å². The quantitative estimate of drug-likeness (QED) is 0.850. The van der Waals surface area contributed by atoms with Crippen LogP contribution in [0.15, 0.2) is 60.7 Å². The van der Waals surface area contributed by atoms with E-state index in [0.717, 1.165) is 17.8 Å². The van der Waals surface area contributed by atoms with Crippen molar-refractivity contribution in [1.29, 1.82) is 0 Å². The van der Waals surface area contributed by atoms with E-state index in [1.807, 2.05) is 67.6 Å². The lowest BCUT2D eigenvalue weighted by Gasteiger charge is -2.34. The van der Waals surface area contributed by atoms with Crippen LogP contribution in [0, 0.1) is 0 Å². The van der Waals surface area contributed by atoms with Gasteiger partial charge >= 0.3 is 0 Å². The molecule has 0 radical (unpaired) electrons. The molecule has 0 spiro atoms. The maximum atomic E-state index is 12.0. The van der Waals surface area contributed by atoms with Crippen molar-refractivity contribution in [3.63, 3.8) is 0 Å². The highest BCUT2D eigenvalue weighted by atomic mass is 16.1. The van der Waals surface area contributed by atoms with Crippen molar-refractivity contribution in [1.82, 2.24) is 0 Å². The fraction of sp³-hybridized carbons (Fsp3) is 0.235. The van der Waals surface area contributed by atoms with E-state index < -0.39 is 11.4 Å². The van der Waals surface area contributed by atoms with Gasteiger partial charge in [0, 0.05) is 18.8 Å². The van der Waals surface area contributed by atoms with Crippen molar-refractivity contribution in [3.05, 3.63) is 66.2 Å². The first-order chi connectivity index (χ1) is 10.1. The highest BCUT2D eigenvalue weighted by molar-refractivity contribution is 5.86. The molecule has 4 N–H and O–H groups in total. The van der Waals surface area contributed by atoms with Crippen LogP contribution in [0.1, 0.15) is 12.5 Å². The molecule has 2 aromatic carbocycles. The van der Waals surface area contributed by atoms with Crippen molar-refractivity contribution < 1.29 is 4.79 Å². The third kappa shape index (κ3) is 3.23. The van der Waals surface area contributed by atoms with Gasteiger partial charge < -0.3 is 16.4 Å². The normalized spacial score (nSPS) is 13.4. The second kappa shape index (κ2) is 6.41. The SMILES string of the molecule is CCN(CC(N)(C(N)=O)c1ccccc1)c1ccccc1. The summed E-state index contributed by atoms with van der Waals surface area (Å²) in [6.45, 7) is 3.11. The molecule has 110 valence electrons. The second-order valence-electron chi connectivity index (χ2n) is 5.05. The molecule has 0 aromatic heterocycles. The molecule has 2 rings (SSSR count). The minimum absolute atomic E-state index is 0.340. The highest BCUT2D eigenvalue weighted by Crippen LogP contribution is 2.23. The standard InChI is InChI=1S/C17H21N3O/c1-2-20(15-11-7-4-8-12-15)13-17(19,16(18)21)14-9-5-3-6-10-14/h3-12H,2,13,19H2,1H3,(H2,18,21). The highest BCUT2D eigenvalue weighted by Gasteiger charge is 2.35. The average Bonchev–Trinajstić information content (AvgIpc) is 2.54. The van der Waals surface area contributed by atoms with Gasteiger partial charge in [0.1, 0.15) is 5.54 Å². The predicted molar refractivity (Wildman–Crippen MR) is 85.8 cm³/mol. The summed E-state index contributed by atoms with van der Waals surface area (Å²) in [4.78, 5) is 14.0. The molecule has 1 amide bonds. The zero-order valence-electron chi connectivity index (χ0n) is 12.2.